The molecule has 0 heterocycles. The average Bonchev–Trinajstić information content (AvgIpc) is 2.14. The third-order valence-corrected chi connectivity index (χ3v) is 2.61. The number of unbranched alkanes of at least 4 members (excludes halogenated alkanes) is 1. The maximum Gasteiger partial charge on any atom is 0.522 e. The maximum absolute atomic E-state index is 10.7. The van der Waals surface area contributed by atoms with Gasteiger partial charge >= 0.3 is 15.6 Å². The Hall–Kier alpha value is -0.420. The lowest BCUT2D eigenvalue weighted by atomic mass is 10.3. The highest BCUT2D eigenvalue weighted by Gasteiger charge is 2.44. The Labute approximate surface area is 110 Å². The van der Waals surface area contributed by atoms with Crippen LogP contribution in [0.5, 0.6) is 0 Å². The zero-order valence-electron chi connectivity index (χ0n) is 10.9. The molecule has 0 radical (unpaired) electrons. The second-order valence-electron chi connectivity index (χ2n) is 3.78. The Balaban J connectivity index is 0. The van der Waals surface area contributed by atoms with Gasteiger partial charge in [0.1, 0.15) is 12.5 Å². The summed E-state index contributed by atoms with van der Waals surface area (Å²) in [6, 6.07) is 0. The van der Waals surface area contributed by atoms with Crippen molar-refractivity contribution >= 4 is 10.1 Å². The number of aliphatic hydroxyl groups excluding tert-OH is 2. The summed E-state index contributed by atoms with van der Waals surface area (Å²) in [5.74, 6) is 0. The number of hydrogen-bond acceptors (Lipinski definition) is 5. The quantitative estimate of drug-likeness (QED) is 0.400. The van der Waals surface area contributed by atoms with Crippen molar-refractivity contribution in [1.29, 1.82) is 0 Å². The maximum atomic E-state index is 10.7. The highest BCUT2D eigenvalue weighted by atomic mass is 32.2. The molecule has 2 unspecified atom stereocenters. The van der Waals surface area contributed by atoms with Crippen molar-refractivity contribution in [2.45, 2.75) is 51.6 Å². The van der Waals surface area contributed by atoms with E-state index < -0.39 is 28.1 Å². The van der Waals surface area contributed by atoms with E-state index in [1.54, 1.807) is 18.7 Å². The van der Waals surface area contributed by atoms with Gasteiger partial charge in [-0.25, -0.2) is 0 Å². The number of rotatable bonds is 5. The van der Waals surface area contributed by atoms with Gasteiger partial charge in [-0.1, -0.05) is 13.3 Å². The topological polar surface area (TPSA) is 98.1 Å². The summed E-state index contributed by atoms with van der Waals surface area (Å²) >= 11 is 0. The van der Waals surface area contributed by atoms with Gasteiger partial charge in [-0.05, 0) is 20.3 Å². The van der Waals surface area contributed by atoms with Crippen molar-refractivity contribution in [2.75, 3.05) is 6.54 Å². The van der Waals surface area contributed by atoms with Gasteiger partial charge in [0.05, 0.1) is 0 Å². The van der Waals surface area contributed by atoms with Gasteiger partial charge < -0.3 is 10.2 Å². The molecule has 2 atom stereocenters. The van der Waals surface area contributed by atoms with Gasteiger partial charge in [0, 0.05) is 6.54 Å². The van der Waals surface area contributed by atoms with E-state index in [0.717, 1.165) is 19.4 Å². The fourth-order valence-electron chi connectivity index (χ4n) is 1.03. The van der Waals surface area contributed by atoms with Gasteiger partial charge in [-0.3, -0.25) is 9.45 Å². The minimum atomic E-state index is -5.84. The number of nitrogens with zero attached hydrogens (tertiary/aromatic N) is 1. The summed E-state index contributed by atoms with van der Waals surface area (Å²) in [5.41, 5.74) is -5.53. The minimum Gasteiger partial charge on any atom is -0.379 e. The molecule has 10 heteroatoms. The van der Waals surface area contributed by atoms with Crippen molar-refractivity contribution < 1.29 is 36.4 Å². The molecule has 3 N–H and O–H groups in total. The molecule has 19 heavy (non-hydrogen) atoms. The van der Waals surface area contributed by atoms with Crippen molar-refractivity contribution in [3.63, 3.8) is 0 Å². The highest BCUT2D eigenvalue weighted by Crippen LogP contribution is 2.20. The molecule has 0 saturated carbocycles. The van der Waals surface area contributed by atoms with E-state index in [-0.39, 0.29) is 0 Å². The predicted octanol–water partition coefficient (Wildman–Crippen LogP) is 1.16. The second-order valence-corrected chi connectivity index (χ2v) is 5.19. The summed E-state index contributed by atoms with van der Waals surface area (Å²) < 4.78 is 57.5. The molecule has 0 aliphatic carbocycles. The van der Waals surface area contributed by atoms with Crippen LogP contribution in [0.1, 0.15) is 33.6 Å². The molecular formula is C9H20F3NO5S. The molecule has 0 bridgehead atoms. The normalized spacial score (nSPS) is 15.7. The zero-order valence-corrected chi connectivity index (χ0v) is 11.7. The van der Waals surface area contributed by atoms with E-state index >= 15 is 0 Å². The summed E-state index contributed by atoms with van der Waals surface area (Å²) in [7, 11) is -5.84. The van der Waals surface area contributed by atoms with Crippen LogP contribution in [-0.2, 0) is 10.1 Å². The third-order valence-electron chi connectivity index (χ3n) is 2.02. The fourth-order valence-corrected chi connectivity index (χ4v) is 1.03. The van der Waals surface area contributed by atoms with E-state index in [9.17, 15) is 23.4 Å². The van der Waals surface area contributed by atoms with Crippen LogP contribution in [0.25, 0.3) is 0 Å². The molecule has 0 spiro atoms. The lowest BCUT2D eigenvalue weighted by Gasteiger charge is -2.27. The summed E-state index contributed by atoms with van der Waals surface area (Å²) in [6.07, 6.45) is 0.981. The van der Waals surface area contributed by atoms with E-state index in [2.05, 4.69) is 6.92 Å². The van der Waals surface area contributed by atoms with E-state index in [1.807, 2.05) is 0 Å². The average molecular weight is 311 g/mol. The van der Waals surface area contributed by atoms with Crippen LogP contribution in [0.4, 0.5) is 13.2 Å². The van der Waals surface area contributed by atoms with Gasteiger partial charge in [0.2, 0.25) is 0 Å². The molecule has 0 aliphatic heterocycles. The van der Waals surface area contributed by atoms with Crippen LogP contribution in [0.15, 0.2) is 0 Å². The summed E-state index contributed by atoms with van der Waals surface area (Å²) in [5, 5.41) is 18.4. The Kier molecular flexibility index (Phi) is 9.56. The second kappa shape index (κ2) is 8.69. The van der Waals surface area contributed by atoms with Gasteiger partial charge in [-0.15, -0.1) is 0 Å². The van der Waals surface area contributed by atoms with Crippen LogP contribution >= 0.6 is 0 Å². The fraction of sp³-hybridized carbons (Fsp3) is 1.00. The first kappa shape index (κ1) is 20.9. The van der Waals surface area contributed by atoms with E-state index in [1.165, 1.54) is 0 Å². The Morgan fingerprint density at radius 1 is 1.16 bits per heavy atom. The Bertz CT molecular complexity index is 321. The van der Waals surface area contributed by atoms with Gasteiger partial charge in [0.25, 0.3) is 0 Å². The molecule has 6 nitrogen and oxygen atoms in total. The molecule has 0 aromatic heterocycles. The molecule has 0 aliphatic rings. The molecule has 0 fully saturated rings. The van der Waals surface area contributed by atoms with Crippen LogP contribution in [0, 0.1) is 0 Å². The largest absolute Gasteiger partial charge is 0.522 e. The van der Waals surface area contributed by atoms with Gasteiger partial charge in [0.15, 0.2) is 0 Å². The summed E-state index contributed by atoms with van der Waals surface area (Å²) in [6.45, 7) is 6.18. The van der Waals surface area contributed by atoms with Gasteiger partial charge in [-0.2, -0.15) is 21.6 Å². The first-order valence-corrected chi connectivity index (χ1v) is 6.94. The minimum absolute atomic E-state index is 0.554. The van der Waals surface area contributed by atoms with Crippen LogP contribution in [-0.4, -0.2) is 52.6 Å². The third kappa shape index (κ3) is 10.1. The standard InChI is InChI=1S/C8H19NO2.CHF3O3S/c1-4-5-6-9(7(2)10)8(3)11;2-1(3,4)8(5,6)7/h7-8,10-11H,4-6H2,1-3H3;(H,5,6,7). The number of hydrogen-bond donors (Lipinski definition) is 3. The number of halogens is 3. The molecular weight excluding hydrogens is 291 g/mol. The van der Waals surface area contributed by atoms with E-state index in [4.69, 9.17) is 13.0 Å². The Morgan fingerprint density at radius 2 is 1.47 bits per heavy atom. The zero-order chi connectivity index (χ0) is 15.9. The monoisotopic (exact) mass is 311 g/mol. The number of alkyl halides is 3. The van der Waals surface area contributed by atoms with E-state index in [0.29, 0.717) is 0 Å². The van der Waals surface area contributed by atoms with Crippen molar-refractivity contribution in [3.8, 4) is 0 Å². The first-order valence-electron chi connectivity index (χ1n) is 5.50. The SMILES string of the molecule is CCCCN(C(C)O)C(C)O.O=S(=O)(O)C(F)(F)F. The molecule has 0 amide bonds. The van der Waals surface area contributed by atoms with Crippen LogP contribution in [0.2, 0.25) is 0 Å². The van der Waals surface area contributed by atoms with Crippen molar-refractivity contribution in [2.24, 2.45) is 0 Å². The highest BCUT2D eigenvalue weighted by molar-refractivity contribution is 7.86. The van der Waals surface area contributed by atoms with Crippen LogP contribution in [0.3, 0.4) is 0 Å². The molecule has 0 rings (SSSR count). The lowest BCUT2D eigenvalue weighted by Crippen LogP contribution is -2.40. The smallest absolute Gasteiger partial charge is 0.379 e. The lowest BCUT2D eigenvalue weighted by molar-refractivity contribution is -0.0842. The van der Waals surface area contributed by atoms with Crippen LogP contribution < -0.4 is 0 Å². The predicted molar refractivity (Wildman–Crippen MR) is 62.6 cm³/mol. The van der Waals surface area contributed by atoms with Crippen molar-refractivity contribution in [1.82, 2.24) is 4.90 Å². The molecule has 118 valence electrons. The first-order chi connectivity index (χ1) is 8.34. The number of aliphatic hydroxyl groups is 2. The Morgan fingerprint density at radius 3 is 1.63 bits per heavy atom. The molecule has 0 aromatic carbocycles. The molecule has 0 saturated heterocycles. The molecule has 0 aromatic rings. The van der Waals surface area contributed by atoms with Crippen molar-refractivity contribution in [3.05, 3.63) is 0 Å². The summed E-state index contributed by atoms with van der Waals surface area (Å²) in [4.78, 5) is 1.66.